The molecule has 4 rings (SSSR count). The first-order valence-electron chi connectivity index (χ1n) is 8.21. The standard InChI is InChI=1S/C19H22N2S/c1-3-20-12(2)10-13-11-16-18(22-13)9-8-15-14-6-4-5-7-17(14)21-19(15)16/h4-7,11-12,20-21H,3,8-10H2,1-2H3. The second-order valence-electron chi connectivity index (χ2n) is 6.24. The van der Waals surface area contributed by atoms with E-state index < -0.39 is 0 Å². The molecule has 1 aromatic carbocycles. The van der Waals surface area contributed by atoms with Gasteiger partial charge in [-0.25, -0.2) is 0 Å². The summed E-state index contributed by atoms with van der Waals surface area (Å²) in [5.41, 5.74) is 5.59. The van der Waals surface area contributed by atoms with Crippen LogP contribution < -0.4 is 5.32 Å². The van der Waals surface area contributed by atoms with Crippen molar-refractivity contribution in [2.24, 2.45) is 0 Å². The number of nitrogens with one attached hydrogen (secondary N) is 2. The van der Waals surface area contributed by atoms with Gasteiger partial charge >= 0.3 is 0 Å². The molecule has 2 heterocycles. The molecule has 0 saturated carbocycles. The van der Waals surface area contributed by atoms with E-state index in [4.69, 9.17) is 0 Å². The van der Waals surface area contributed by atoms with E-state index in [0.717, 1.165) is 19.4 Å². The van der Waals surface area contributed by atoms with E-state index in [1.807, 2.05) is 11.3 Å². The zero-order chi connectivity index (χ0) is 15.1. The Hall–Kier alpha value is -1.58. The van der Waals surface area contributed by atoms with Gasteiger partial charge in [0, 0.05) is 32.3 Å². The molecule has 0 radical (unpaired) electrons. The zero-order valence-corrected chi connectivity index (χ0v) is 14.0. The van der Waals surface area contributed by atoms with Crippen LogP contribution in [0.1, 0.15) is 29.2 Å². The molecule has 3 aromatic rings. The molecule has 2 N–H and O–H groups in total. The lowest BCUT2D eigenvalue weighted by atomic mass is 9.94. The van der Waals surface area contributed by atoms with Gasteiger partial charge in [0.1, 0.15) is 0 Å². The molecule has 1 aliphatic rings. The Morgan fingerprint density at radius 2 is 2.14 bits per heavy atom. The van der Waals surface area contributed by atoms with Gasteiger partial charge in [-0.05, 0) is 50.4 Å². The van der Waals surface area contributed by atoms with Gasteiger partial charge in [0.25, 0.3) is 0 Å². The second kappa shape index (κ2) is 5.56. The Morgan fingerprint density at radius 3 is 3.00 bits per heavy atom. The summed E-state index contributed by atoms with van der Waals surface area (Å²) >= 11 is 2.00. The van der Waals surface area contributed by atoms with Crippen molar-refractivity contribution in [3.63, 3.8) is 0 Å². The molecule has 0 bridgehead atoms. The fourth-order valence-corrected chi connectivity index (χ4v) is 4.93. The third-order valence-corrected chi connectivity index (χ3v) is 5.82. The summed E-state index contributed by atoms with van der Waals surface area (Å²) in [5, 5.41) is 4.91. The largest absolute Gasteiger partial charge is 0.354 e. The van der Waals surface area contributed by atoms with Crippen molar-refractivity contribution >= 4 is 22.2 Å². The maximum Gasteiger partial charge on any atom is 0.0508 e. The van der Waals surface area contributed by atoms with Gasteiger partial charge in [0.2, 0.25) is 0 Å². The minimum absolute atomic E-state index is 0.548. The van der Waals surface area contributed by atoms with Crippen LogP contribution in [0.4, 0.5) is 0 Å². The predicted molar refractivity (Wildman–Crippen MR) is 95.9 cm³/mol. The highest BCUT2D eigenvalue weighted by Gasteiger charge is 2.23. The van der Waals surface area contributed by atoms with Crippen molar-refractivity contribution in [2.75, 3.05) is 6.54 Å². The lowest BCUT2D eigenvalue weighted by molar-refractivity contribution is 0.569. The highest BCUT2D eigenvalue weighted by Crippen LogP contribution is 2.41. The molecule has 0 aliphatic heterocycles. The average Bonchev–Trinajstić information content (AvgIpc) is 3.07. The summed E-state index contributed by atoms with van der Waals surface area (Å²) in [6.07, 6.45) is 3.47. The number of rotatable bonds is 4. The topological polar surface area (TPSA) is 27.8 Å². The molecule has 0 amide bonds. The van der Waals surface area contributed by atoms with Crippen LogP contribution in [0.25, 0.3) is 22.2 Å². The number of hydrogen-bond acceptors (Lipinski definition) is 2. The number of aryl methyl sites for hydroxylation is 2. The molecular weight excluding hydrogens is 288 g/mol. The highest BCUT2D eigenvalue weighted by molar-refractivity contribution is 7.12. The Bertz CT molecular complexity index is 812. The number of hydrogen-bond donors (Lipinski definition) is 2. The minimum atomic E-state index is 0.548. The number of thiophene rings is 1. The number of para-hydroxylation sites is 1. The fraction of sp³-hybridized carbons (Fsp3) is 0.368. The van der Waals surface area contributed by atoms with Crippen molar-refractivity contribution in [3.8, 4) is 11.3 Å². The third kappa shape index (κ3) is 2.29. The lowest BCUT2D eigenvalue weighted by Crippen LogP contribution is -2.27. The molecule has 1 unspecified atom stereocenters. The van der Waals surface area contributed by atoms with Crippen molar-refractivity contribution in [1.82, 2.24) is 10.3 Å². The minimum Gasteiger partial charge on any atom is -0.354 e. The molecule has 2 nitrogen and oxygen atoms in total. The summed E-state index contributed by atoms with van der Waals surface area (Å²) in [6, 6.07) is 11.7. The predicted octanol–water partition coefficient (Wildman–Crippen LogP) is 4.54. The molecule has 1 aliphatic carbocycles. The SMILES string of the molecule is CCNC(C)Cc1cc2c(s1)CCc1c-2[nH]c2ccccc12. The molecule has 2 aromatic heterocycles. The third-order valence-electron chi connectivity index (χ3n) is 4.61. The van der Waals surface area contributed by atoms with E-state index >= 15 is 0 Å². The molecule has 3 heteroatoms. The van der Waals surface area contributed by atoms with E-state index in [0.29, 0.717) is 6.04 Å². The van der Waals surface area contributed by atoms with Crippen LogP contribution in [0.5, 0.6) is 0 Å². The fourth-order valence-electron chi connectivity index (χ4n) is 3.63. The summed E-state index contributed by atoms with van der Waals surface area (Å²) in [5.74, 6) is 0. The van der Waals surface area contributed by atoms with Crippen LogP contribution in [-0.4, -0.2) is 17.6 Å². The molecule has 0 fully saturated rings. The van der Waals surface area contributed by atoms with Gasteiger partial charge in [-0.2, -0.15) is 0 Å². The van der Waals surface area contributed by atoms with Gasteiger partial charge in [-0.1, -0.05) is 25.1 Å². The first-order valence-corrected chi connectivity index (χ1v) is 9.03. The maximum absolute atomic E-state index is 3.66. The maximum atomic E-state index is 3.66. The molecule has 0 saturated heterocycles. The number of H-pyrrole nitrogens is 1. The first kappa shape index (κ1) is 14.0. The smallest absolute Gasteiger partial charge is 0.0508 e. The van der Waals surface area contributed by atoms with E-state index in [1.54, 1.807) is 4.88 Å². The average molecular weight is 310 g/mol. The van der Waals surface area contributed by atoms with Crippen LogP contribution in [0.2, 0.25) is 0 Å². The van der Waals surface area contributed by atoms with Crippen molar-refractivity contribution in [2.45, 2.75) is 39.2 Å². The van der Waals surface area contributed by atoms with Gasteiger partial charge in [-0.15, -0.1) is 11.3 Å². The quantitative estimate of drug-likeness (QED) is 0.727. The zero-order valence-electron chi connectivity index (χ0n) is 13.2. The van der Waals surface area contributed by atoms with E-state index in [-0.39, 0.29) is 0 Å². The van der Waals surface area contributed by atoms with Gasteiger partial charge in [-0.3, -0.25) is 0 Å². The van der Waals surface area contributed by atoms with Crippen molar-refractivity contribution < 1.29 is 0 Å². The number of fused-ring (bicyclic) bond motifs is 5. The molecule has 0 spiro atoms. The number of aromatic nitrogens is 1. The molecule has 114 valence electrons. The lowest BCUT2D eigenvalue weighted by Gasteiger charge is -2.11. The number of aromatic amines is 1. The Labute approximate surface area is 135 Å². The number of likely N-dealkylation sites (N-methyl/N-ethyl adjacent to an activating group) is 1. The first-order chi connectivity index (χ1) is 10.8. The summed E-state index contributed by atoms with van der Waals surface area (Å²) in [7, 11) is 0. The monoisotopic (exact) mass is 310 g/mol. The van der Waals surface area contributed by atoms with E-state index in [1.165, 1.54) is 39.0 Å². The molecular formula is C19H22N2S. The summed E-state index contributed by atoms with van der Waals surface area (Å²) in [4.78, 5) is 6.71. The van der Waals surface area contributed by atoms with Gasteiger partial charge in [0.05, 0.1) is 5.69 Å². The van der Waals surface area contributed by atoms with Crippen LogP contribution in [-0.2, 0) is 19.3 Å². The van der Waals surface area contributed by atoms with Crippen LogP contribution in [0.3, 0.4) is 0 Å². The summed E-state index contributed by atoms with van der Waals surface area (Å²) in [6.45, 7) is 5.49. The van der Waals surface area contributed by atoms with Crippen LogP contribution in [0, 0.1) is 0 Å². The van der Waals surface area contributed by atoms with Crippen LogP contribution in [0.15, 0.2) is 30.3 Å². The van der Waals surface area contributed by atoms with Crippen molar-refractivity contribution in [3.05, 3.63) is 45.6 Å². The van der Waals surface area contributed by atoms with Gasteiger partial charge < -0.3 is 10.3 Å². The van der Waals surface area contributed by atoms with E-state index in [2.05, 4.69) is 54.5 Å². The normalized spacial score (nSPS) is 14.8. The highest BCUT2D eigenvalue weighted by atomic mass is 32.1. The Kier molecular flexibility index (Phi) is 3.55. The van der Waals surface area contributed by atoms with Gasteiger partial charge in [0.15, 0.2) is 0 Å². The Balaban J connectivity index is 1.73. The second-order valence-corrected chi connectivity index (χ2v) is 7.46. The Morgan fingerprint density at radius 1 is 1.27 bits per heavy atom. The van der Waals surface area contributed by atoms with Crippen molar-refractivity contribution in [1.29, 1.82) is 0 Å². The molecule has 22 heavy (non-hydrogen) atoms. The van der Waals surface area contributed by atoms with Crippen LogP contribution >= 0.6 is 11.3 Å². The number of benzene rings is 1. The molecule has 1 atom stereocenters. The summed E-state index contributed by atoms with van der Waals surface area (Å²) < 4.78 is 0. The van der Waals surface area contributed by atoms with E-state index in [9.17, 15) is 0 Å².